The van der Waals surface area contributed by atoms with Crippen LogP contribution in [0, 0.1) is 6.92 Å². The molecule has 1 amide bonds. The number of amides is 1. The minimum absolute atomic E-state index is 0.0975. The first-order valence-electron chi connectivity index (χ1n) is 7.76. The molecule has 6 heteroatoms. The fourth-order valence-electron chi connectivity index (χ4n) is 2.92. The number of carbonyl (C=O) groups is 1. The van der Waals surface area contributed by atoms with Crippen LogP contribution in [0.5, 0.6) is 0 Å². The summed E-state index contributed by atoms with van der Waals surface area (Å²) >= 11 is 0. The number of aromatic nitrogens is 1. The summed E-state index contributed by atoms with van der Waals surface area (Å²) in [5.74, 6) is 0.0975. The molecule has 6 nitrogen and oxygen atoms in total. The molecular formula is C16H20N4O2. The van der Waals surface area contributed by atoms with E-state index in [0.717, 1.165) is 37.0 Å². The molecule has 2 heterocycles. The first-order chi connectivity index (χ1) is 10.5. The van der Waals surface area contributed by atoms with Crippen LogP contribution in [0.1, 0.15) is 18.4 Å². The highest BCUT2D eigenvalue weighted by molar-refractivity contribution is 5.89. The Morgan fingerprint density at radius 2 is 2.00 bits per heavy atom. The van der Waals surface area contributed by atoms with E-state index < -0.39 is 5.54 Å². The van der Waals surface area contributed by atoms with E-state index >= 15 is 0 Å². The molecule has 2 fully saturated rings. The van der Waals surface area contributed by atoms with Crippen LogP contribution in [0.25, 0.3) is 11.1 Å². The third kappa shape index (κ3) is 2.23. The summed E-state index contributed by atoms with van der Waals surface area (Å²) in [7, 11) is 0. The molecule has 1 aromatic heterocycles. The van der Waals surface area contributed by atoms with E-state index in [2.05, 4.69) is 9.88 Å². The lowest BCUT2D eigenvalue weighted by Crippen LogP contribution is -2.54. The summed E-state index contributed by atoms with van der Waals surface area (Å²) in [4.78, 5) is 20.8. The fourth-order valence-corrected chi connectivity index (χ4v) is 2.92. The summed E-state index contributed by atoms with van der Waals surface area (Å²) < 4.78 is 5.82. The summed E-state index contributed by atoms with van der Waals surface area (Å²) in [6.07, 6.45) is 1.63. The van der Waals surface area contributed by atoms with E-state index in [0.29, 0.717) is 19.1 Å². The van der Waals surface area contributed by atoms with Crippen molar-refractivity contribution in [2.45, 2.75) is 25.3 Å². The topological polar surface area (TPSA) is 75.6 Å². The van der Waals surface area contributed by atoms with Gasteiger partial charge in [0, 0.05) is 26.2 Å². The minimum atomic E-state index is -0.572. The Labute approximate surface area is 128 Å². The lowest BCUT2D eigenvalue weighted by atomic mass is 10.2. The number of oxazole rings is 1. The van der Waals surface area contributed by atoms with Gasteiger partial charge in [0.1, 0.15) is 5.52 Å². The second-order valence-electron chi connectivity index (χ2n) is 6.40. The van der Waals surface area contributed by atoms with E-state index in [1.165, 1.54) is 5.56 Å². The number of hydrogen-bond donors (Lipinski definition) is 1. The predicted molar refractivity (Wildman–Crippen MR) is 83.7 cm³/mol. The number of benzene rings is 1. The van der Waals surface area contributed by atoms with Crippen molar-refractivity contribution in [1.29, 1.82) is 0 Å². The Bertz CT molecular complexity index is 727. The van der Waals surface area contributed by atoms with Gasteiger partial charge in [-0.05, 0) is 37.5 Å². The van der Waals surface area contributed by atoms with Crippen LogP contribution in [0.3, 0.4) is 0 Å². The predicted octanol–water partition coefficient (Wildman–Crippen LogP) is 1.28. The molecule has 4 rings (SSSR count). The van der Waals surface area contributed by atoms with Crippen molar-refractivity contribution >= 4 is 23.0 Å². The summed E-state index contributed by atoms with van der Waals surface area (Å²) in [5.41, 5.74) is 8.28. The number of nitrogens with zero attached hydrogens (tertiary/aromatic N) is 3. The van der Waals surface area contributed by atoms with Crippen LogP contribution in [0.2, 0.25) is 0 Å². The highest BCUT2D eigenvalue weighted by Crippen LogP contribution is 2.34. The Morgan fingerprint density at radius 1 is 1.27 bits per heavy atom. The molecule has 1 saturated carbocycles. The number of rotatable bonds is 2. The molecule has 0 bridgehead atoms. The first-order valence-corrected chi connectivity index (χ1v) is 7.76. The molecule has 116 valence electrons. The molecule has 22 heavy (non-hydrogen) atoms. The van der Waals surface area contributed by atoms with Gasteiger partial charge in [-0.1, -0.05) is 6.07 Å². The second kappa shape index (κ2) is 4.71. The van der Waals surface area contributed by atoms with Gasteiger partial charge in [-0.3, -0.25) is 4.79 Å². The van der Waals surface area contributed by atoms with Crippen LogP contribution >= 0.6 is 0 Å². The maximum Gasteiger partial charge on any atom is 0.298 e. The van der Waals surface area contributed by atoms with Gasteiger partial charge < -0.3 is 20.0 Å². The molecule has 0 unspecified atom stereocenters. The van der Waals surface area contributed by atoms with E-state index in [-0.39, 0.29) is 5.91 Å². The second-order valence-corrected chi connectivity index (χ2v) is 6.40. The smallest absolute Gasteiger partial charge is 0.298 e. The average molecular weight is 300 g/mol. The number of fused-ring (bicyclic) bond motifs is 1. The van der Waals surface area contributed by atoms with Gasteiger partial charge >= 0.3 is 0 Å². The molecule has 1 aliphatic carbocycles. The van der Waals surface area contributed by atoms with Crippen molar-refractivity contribution < 1.29 is 9.21 Å². The van der Waals surface area contributed by atoms with Crippen molar-refractivity contribution in [3.05, 3.63) is 23.8 Å². The molecule has 2 aromatic rings. The maximum absolute atomic E-state index is 12.2. The van der Waals surface area contributed by atoms with Crippen LogP contribution in [-0.2, 0) is 4.79 Å². The molecule has 2 N–H and O–H groups in total. The first kappa shape index (κ1) is 13.6. The van der Waals surface area contributed by atoms with E-state index in [9.17, 15) is 4.79 Å². The lowest BCUT2D eigenvalue weighted by Gasteiger charge is -2.35. The third-order valence-electron chi connectivity index (χ3n) is 4.58. The molecule has 0 radical (unpaired) electrons. The average Bonchev–Trinajstić information content (AvgIpc) is 3.13. The normalized spacial score (nSPS) is 20.5. The number of carbonyl (C=O) groups excluding carboxylic acids is 1. The summed E-state index contributed by atoms with van der Waals surface area (Å²) in [6, 6.07) is 6.63. The van der Waals surface area contributed by atoms with Crippen LogP contribution in [0.4, 0.5) is 6.01 Å². The quantitative estimate of drug-likeness (QED) is 0.904. The highest BCUT2D eigenvalue weighted by Gasteiger charge is 2.48. The Hall–Kier alpha value is -2.08. The van der Waals surface area contributed by atoms with Crippen molar-refractivity contribution in [3.8, 4) is 0 Å². The molecule has 1 saturated heterocycles. The number of piperazine rings is 1. The Morgan fingerprint density at radius 3 is 2.68 bits per heavy atom. The van der Waals surface area contributed by atoms with Gasteiger partial charge in [0.15, 0.2) is 5.58 Å². The summed E-state index contributed by atoms with van der Waals surface area (Å²) in [5, 5.41) is 0. The molecule has 1 aliphatic heterocycles. The van der Waals surface area contributed by atoms with Crippen LogP contribution < -0.4 is 10.6 Å². The Balaban J connectivity index is 1.47. The molecule has 0 atom stereocenters. The maximum atomic E-state index is 12.2. The third-order valence-corrected chi connectivity index (χ3v) is 4.58. The zero-order chi connectivity index (χ0) is 15.3. The van der Waals surface area contributed by atoms with Crippen molar-refractivity contribution in [3.63, 3.8) is 0 Å². The summed E-state index contributed by atoms with van der Waals surface area (Å²) in [6.45, 7) is 4.85. The highest BCUT2D eigenvalue weighted by atomic mass is 16.4. The van der Waals surface area contributed by atoms with Gasteiger partial charge in [0.2, 0.25) is 5.91 Å². The van der Waals surface area contributed by atoms with E-state index in [1.807, 2.05) is 30.0 Å². The van der Waals surface area contributed by atoms with Gasteiger partial charge in [-0.2, -0.15) is 4.98 Å². The number of hydrogen-bond acceptors (Lipinski definition) is 5. The molecule has 2 aliphatic rings. The largest absolute Gasteiger partial charge is 0.423 e. The number of aryl methyl sites for hydroxylation is 1. The van der Waals surface area contributed by atoms with E-state index in [4.69, 9.17) is 10.2 Å². The van der Waals surface area contributed by atoms with Gasteiger partial charge in [-0.25, -0.2) is 0 Å². The SMILES string of the molecule is Cc1ccc2oc(N3CCN(C(=O)C4(N)CC4)CC3)nc2c1. The molecular weight excluding hydrogens is 280 g/mol. The van der Waals surface area contributed by atoms with Crippen molar-refractivity contribution in [2.24, 2.45) is 5.73 Å². The van der Waals surface area contributed by atoms with Gasteiger partial charge in [0.05, 0.1) is 5.54 Å². The van der Waals surface area contributed by atoms with Crippen molar-refractivity contribution in [2.75, 3.05) is 31.1 Å². The lowest BCUT2D eigenvalue weighted by molar-refractivity contribution is -0.133. The zero-order valence-corrected chi connectivity index (χ0v) is 12.7. The standard InChI is InChI=1S/C16H20N4O2/c1-11-2-3-13-12(10-11)18-15(22-13)20-8-6-19(7-9-20)14(21)16(17)4-5-16/h2-3,10H,4-9,17H2,1H3. The van der Waals surface area contributed by atoms with Gasteiger partial charge in [0.25, 0.3) is 6.01 Å². The van der Waals surface area contributed by atoms with Crippen LogP contribution in [-0.4, -0.2) is 47.5 Å². The minimum Gasteiger partial charge on any atom is -0.423 e. The number of nitrogens with two attached hydrogens (primary N) is 1. The number of anilines is 1. The molecule has 0 spiro atoms. The Kier molecular flexibility index (Phi) is 2.91. The molecule has 1 aromatic carbocycles. The fraction of sp³-hybridized carbons (Fsp3) is 0.500. The zero-order valence-electron chi connectivity index (χ0n) is 12.7. The van der Waals surface area contributed by atoms with E-state index in [1.54, 1.807) is 0 Å². The van der Waals surface area contributed by atoms with Crippen LogP contribution in [0.15, 0.2) is 22.6 Å². The van der Waals surface area contributed by atoms with Gasteiger partial charge in [-0.15, -0.1) is 0 Å². The van der Waals surface area contributed by atoms with Crippen molar-refractivity contribution in [1.82, 2.24) is 9.88 Å². The monoisotopic (exact) mass is 300 g/mol.